The Kier molecular flexibility index (Phi) is 4.72. The van der Waals surface area contributed by atoms with Crippen LogP contribution in [0.25, 0.3) is 20.8 Å². The fourth-order valence-corrected chi connectivity index (χ4v) is 3.64. The largest absolute Gasteiger partial charge is 0.507 e. The van der Waals surface area contributed by atoms with Crippen LogP contribution in [-0.2, 0) is 11.3 Å². The van der Waals surface area contributed by atoms with Crippen LogP contribution in [0.2, 0.25) is 0 Å². The summed E-state index contributed by atoms with van der Waals surface area (Å²) in [6, 6.07) is 22.1. The van der Waals surface area contributed by atoms with E-state index in [2.05, 4.69) is 10.3 Å². The van der Waals surface area contributed by atoms with Crippen molar-refractivity contribution in [1.82, 2.24) is 4.98 Å². The minimum atomic E-state index is -0.556. The van der Waals surface area contributed by atoms with Gasteiger partial charge in [-0.2, -0.15) is 0 Å². The fourth-order valence-electron chi connectivity index (χ4n) is 2.65. The van der Waals surface area contributed by atoms with E-state index in [1.165, 1.54) is 17.4 Å². The van der Waals surface area contributed by atoms with Gasteiger partial charge in [0, 0.05) is 5.69 Å². The predicted octanol–water partition coefficient (Wildman–Crippen LogP) is 5.42. The van der Waals surface area contributed by atoms with Gasteiger partial charge in [0.1, 0.15) is 17.4 Å². The number of hydrogen-bond donors (Lipinski definition) is 2. The summed E-state index contributed by atoms with van der Waals surface area (Å²) < 4.78 is 6.27. The molecule has 0 saturated carbocycles. The number of nitrogens with one attached hydrogen (secondary N) is 1. The lowest BCUT2D eigenvalue weighted by atomic mass is 10.2. The highest BCUT2D eigenvalue weighted by Crippen LogP contribution is 2.36. The van der Waals surface area contributed by atoms with Crippen molar-refractivity contribution in [2.75, 3.05) is 5.32 Å². The van der Waals surface area contributed by atoms with E-state index in [-0.39, 0.29) is 12.4 Å². The number of aromatic hydroxyl groups is 1. The number of hydrogen-bond acceptors (Lipinski definition) is 5. The molecule has 3 aromatic carbocycles. The number of phenolic OH excluding ortho intramolecular Hbond substituents is 1. The second-order valence-corrected chi connectivity index (χ2v) is 6.94. The summed E-state index contributed by atoms with van der Waals surface area (Å²) in [5.41, 5.74) is 2.88. The zero-order valence-electron chi connectivity index (χ0n) is 14.3. The number of fused-ring (bicyclic) bond motifs is 1. The Morgan fingerprint density at radius 3 is 2.63 bits per heavy atom. The average Bonchev–Trinajstić information content (AvgIpc) is 3.13. The second kappa shape index (κ2) is 7.47. The predicted molar refractivity (Wildman–Crippen MR) is 107 cm³/mol. The van der Waals surface area contributed by atoms with Gasteiger partial charge in [-0.05, 0) is 35.9 Å². The van der Waals surface area contributed by atoms with Crippen molar-refractivity contribution in [3.05, 3.63) is 78.4 Å². The number of ether oxygens (including phenoxy) is 1. The molecule has 0 aliphatic rings. The number of benzene rings is 3. The lowest BCUT2D eigenvalue weighted by molar-refractivity contribution is 0.155. The van der Waals surface area contributed by atoms with Crippen LogP contribution >= 0.6 is 11.3 Å². The van der Waals surface area contributed by atoms with Gasteiger partial charge in [-0.1, -0.05) is 42.5 Å². The van der Waals surface area contributed by atoms with Gasteiger partial charge in [0.15, 0.2) is 0 Å². The fraction of sp³-hybridized carbons (Fsp3) is 0.0476. The summed E-state index contributed by atoms with van der Waals surface area (Å²) in [6.45, 7) is 0.190. The first-order valence-corrected chi connectivity index (χ1v) is 9.17. The lowest BCUT2D eigenvalue weighted by Gasteiger charge is -2.09. The molecule has 5 nitrogen and oxygen atoms in total. The van der Waals surface area contributed by atoms with Crippen LogP contribution in [-0.4, -0.2) is 16.2 Å². The molecule has 2 N–H and O–H groups in total. The summed E-state index contributed by atoms with van der Waals surface area (Å²) in [5, 5.41) is 13.6. The first-order valence-electron chi connectivity index (χ1n) is 8.36. The Labute approximate surface area is 159 Å². The van der Waals surface area contributed by atoms with Crippen LogP contribution in [0.4, 0.5) is 10.5 Å². The van der Waals surface area contributed by atoms with E-state index >= 15 is 0 Å². The highest BCUT2D eigenvalue weighted by molar-refractivity contribution is 7.21. The SMILES string of the molecule is O=C(Nc1ccc(O)c(-c2nc3ccccc3s2)c1)OCc1ccccc1. The van der Waals surface area contributed by atoms with E-state index in [1.807, 2.05) is 54.6 Å². The zero-order valence-corrected chi connectivity index (χ0v) is 15.1. The maximum absolute atomic E-state index is 12.1. The molecule has 4 aromatic rings. The number of nitrogens with zero attached hydrogens (tertiary/aromatic N) is 1. The number of aromatic nitrogens is 1. The van der Waals surface area contributed by atoms with Crippen LogP contribution in [0.3, 0.4) is 0 Å². The number of amides is 1. The summed E-state index contributed by atoms with van der Waals surface area (Å²) in [4.78, 5) is 16.6. The summed E-state index contributed by atoms with van der Waals surface area (Å²) in [6.07, 6.45) is -0.556. The monoisotopic (exact) mass is 376 g/mol. The molecule has 0 bridgehead atoms. The van der Waals surface area contributed by atoms with Crippen LogP contribution < -0.4 is 5.32 Å². The molecule has 0 unspecified atom stereocenters. The molecule has 1 aromatic heterocycles. The smallest absolute Gasteiger partial charge is 0.411 e. The molecule has 6 heteroatoms. The topological polar surface area (TPSA) is 71.5 Å². The van der Waals surface area contributed by atoms with Crippen molar-refractivity contribution >= 4 is 33.3 Å². The Morgan fingerprint density at radius 2 is 1.81 bits per heavy atom. The van der Waals surface area contributed by atoms with E-state index in [1.54, 1.807) is 12.1 Å². The third-order valence-corrected chi connectivity index (χ3v) is 5.05. The summed E-state index contributed by atoms with van der Waals surface area (Å²) in [7, 11) is 0. The number of anilines is 1. The van der Waals surface area contributed by atoms with Crippen LogP contribution in [0, 0.1) is 0 Å². The molecule has 134 valence electrons. The van der Waals surface area contributed by atoms with Crippen molar-refractivity contribution in [2.45, 2.75) is 6.61 Å². The summed E-state index contributed by atoms with van der Waals surface area (Å²) >= 11 is 1.48. The van der Waals surface area contributed by atoms with Gasteiger partial charge in [-0.3, -0.25) is 5.32 Å². The van der Waals surface area contributed by atoms with Crippen molar-refractivity contribution in [2.24, 2.45) is 0 Å². The van der Waals surface area contributed by atoms with Crippen LogP contribution in [0.1, 0.15) is 5.56 Å². The Balaban J connectivity index is 1.51. The van der Waals surface area contributed by atoms with Crippen LogP contribution in [0.15, 0.2) is 72.8 Å². The highest BCUT2D eigenvalue weighted by atomic mass is 32.1. The Morgan fingerprint density at radius 1 is 1.04 bits per heavy atom. The molecule has 0 aliphatic heterocycles. The van der Waals surface area contributed by atoms with Crippen molar-refractivity contribution < 1.29 is 14.6 Å². The molecule has 0 atom stereocenters. The van der Waals surface area contributed by atoms with Crippen molar-refractivity contribution in [1.29, 1.82) is 0 Å². The quantitative estimate of drug-likeness (QED) is 0.467. The number of carbonyl (C=O) groups is 1. The maximum atomic E-state index is 12.1. The normalized spacial score (nSPS) is 10.7. The third kappa shape index (κ3) is 3.91. The van der Waals surface area contributed by atoms with Gasteiger partial charge in [0.25, 0.3) is 0 Å². The van der Waals surface area contributed by atoms with E-state index < -0.39 is 6.09 Å². The molecule has 27 heavy (non-hydrogen) atoms. The van der Waals surface area contributed by atoms with Gasteiger partial charge >= 0.3 is 6.09 Å². The van der Waals surface area contributed by atoms with Gasteiger partial charge in [0.2, 0.25) is 0 Å². The number of rotatable bonds is 4. The standard InChI is InChI=1S/C21H16N2O3S/c24-18-11-10-15(22-21(25)26-13-14-6-2-1-3-7-14)12-16(18)20-23-17-8-4-5-9-19(17)27-20/h1-12,24H,13H2,(H,22,25). The first-order chi connectivity index (χ1) is 13.2. The number of thiazole rings is 1. The Hall–Kier alpha value is -3.38. The summed E-state index contributed by atoms with van der Waals surface area (Å²) in [5.74, 6) is 0.109. The minimum Gasteiger partial charge on any atom is -0.507 e. The molecule has 0 fully saturated rings. The van der Waals surface area contributed by atoms with E-state index in [0.29, 0.717) is 16.3 Å². The minimum absolute atomic E-state index is 0.109. The molecule has 0 radical (unpaired) electrons. The van der Waals surface area contributed by atoms with Gasteiger partial charge < -0.3 is 9.84 Å². The highest BCUT2D eigenvalue weighted by Gasteiger charge is 2.12. The third-order valence-electron chi connectivity index (χ3n) is 3.98. The molecular weight excluding hydrogens is 360 g/mol. The van der Waals surface area contributed by atoms with E-state index in [0.717, 1.165) is 15.8 Å². The van der Waals surface area contributed by atoms with Crippen LogP contribution in [0.5, 0.6) is 5.75 Å². The molecule has 1 amide bonds. The molecule has 1 heterocycles. The lowest BCUT2D eigenvalue weighted by Crippen LogP contribution is -2.13. The van der Waals surface area contributed by atoms with Gasteiger partial charge in [-0.15, -0.1) is 11.3 Å². The number of phenols is 1. The average molecular weight is 376 g/mol. The molecule has 4 rings (SSSR count). The molecule has 0 aliphatic carbocycles. The Bertz CT molecular complexity index is 1060. The first kappa shape index (κ1) is 17.1. The number of para-hydroxylation sites is 1. The molecular formula is C21H16N2O3S. The van der Waals surface area contributed by atoms with Gasteiger partial charge in [0.05, 0.1) is 15.8 Å². The number of carbonyl (C=O) groups excluding carboxylic acids is 1. The van der Waals surface area contributed by atoms with Gasteiger partial charge in [-0.25, -0.2) is 9.78 Å². The second-order valence-electron chi connectivity index (χ2n) is 5.91. The molecule has 0 saturated heterocycles. The van der Waals surface area contributed by atoms with Crippen molar-refractivity contribution in [3.8, 4) is 16.3 Å². The van der Waals surface area contributed by atoms with E-state index in [4.69, 9.17) is 4.74 Å². The maximum Gasteiger partial charge on any atom is 0.411 e. The van der Waals surface area contributed by atoms with Crippen molar-refractivity contribution in [3.63, 3.8) is 0 Å². The van der Waals surface area contributed by atoms with E-state index in [9.17, 15) is 9.90 Å². The molecule has 0 spiro atoms. The zero-order chi connectivity index (χ0) is 18.6.